The average Bonchev–Trinajstić information content (AvgIpc) is 2.90. The van der Waals surface area contributed by atoms with Gasteiger partial charge in [0.2, 0.25) is 0 Å². The van der Waals surface area contributed by atoms with Crippen molar-refractivity contribution in [1.29, 1.82) is 0 Å². The highest BCUT2D eigenvalue weighted by Crippen LogP contribution is 2.48. The molecule has 1 aliphatic heterocycles. The van der Waals surface area contributed by atoms with Gasteiger partial charge in [-0.05, 0) is 25.7 Å². The first kappa shape index (κ1) is 16.1. The Morgan fingerprint density at radius 2 is 2.14 bits per heavy atom. The maximum absolute atomic E-state index is 12.1. The number of nitrogens with zero attached hydrogens (tertiary/aromatic N) is 1. The summed E-state index contributed by atoms with van der Waals surface area (Å²) in [5, 5.41) is 1.02. The van der Waals surface area contributed by atoms with E-state index in [0.717, 1.165) is 24.5 Å². The first-order chi connectivity index (χ1) is 9.75. The van der Waals surface area contributed by atoms with Crippen LogP contribution in [0.15, 0.2) is 0 Å². The van der Waals surface area contributed by atoms with Gasteiger partial charge in [-0.1, -0.05) is 20.8 Å². The first-order valence-corrected chi connectivity index (χ1v) is 8.44. The van der Waals surface area contributed by atoms with Crippen LogP contribution in [0.4, 0.5) is 10.7 Å². The highest BCUT2D eigenvalue weighted by molar-refractivity contribution is 7.19. The van der Waals surface area contributed by atoms with Gasteiger partial charge >= 0.3 is 0 Å². The molecule has 4 nitrogen and oxygen atoms in total. The highest BCUT2D eigenvalue weighted by Gasteiger charge is 2.34. The molecule has 1 aliphatic rings. The second-order valence-electron chi connectivity index (χ2n) is 6.76. The third kappa shape index (κ3) is 3.34. The summed E-state index contributed by atoms with van der Waals surface area (Å²) in [6, 6.07) is 0. The number of nitrogens with two attached hydrogens (primary N) is 1. The smallest absolute Gasteiger partial charge is 0.177 e. The number of Topliss-reactive ketones (excluding diaryl/α,β-unsaturated/α-hetero) is 1. The molecule has 0 saturated carbocycles. The van der Waals surface area contributed by atoms with Crippen LogP contribution >= 0.6 is 11.3 Å². The van der Waals surface area contributed by atoms with Gasteiger partial charge in [-0.2, -0.15) is 0 Å². The summed E-state index contributed by atoms with van der Waals surface area (Å²) in [6.07, 6.45) is 1.65. The maximum Gasteiger partial charge on any atom is 0.177 e. The Bertz CT molecular complexity index is 535. The van der Waals surface area contributed by atoms with Crippen molar-refractivity contribution in [2.45, 2.75) is 53.6 Å². The largest absolute Gasteiger partial charge is 0.486 e. The Kier molecular flexibility index (Phi) is 4.51. The van der Waals surface area contributed by atoms with Crippen LogP contribution in [0, 0.1) is 5.41 Å². The van der Waals surface area contributed by atoms with Crippen molar-refractivity contribution in [1.82, 2.24) is 0 Å². The van der Waals surface area contributed by atoms with Crippen LogP contribution in [0.5, 0.6) is 5.75 Å². The van der Waals surface area contributed by atoms with E-state index in [4.69, 9.17) is 10.5 Å². The molecule has 0 bridgehead atoms. The second-order valence-corrected chi connectivity index (χ2v) is 7.76. The Morgan fingerprint density at radius 3 is 2.62 bits per heavy atom. The molecule has 0 aliphatic carbocycles. The fraction of sp³-hybridized carbons (Fsp3) is 0.688. The van der Waals surface area contributed by atoms with Crippen LogP contribution in [0.1, 0.15) is 57.1 Å². The molecule has 2 heterocycles. The molecule has 21 heavy (non-hydrogen) atoms. The van der Waals surface area contributed by atoms with E-state index >= 15 is 0 Å². The second kappa shape index (κ2) is 5.87. The van der Waals surface area contributed by atoms with Crippen LogP contribution in [-0.4, -0.2) is 25.0 Å². The topological polar surface area (TPSA) is 55.6 Å². The third-order valence-electron chi connectivity index (χ3n) is 3.77. The van der Waals surface area contributed by atoms with Crippen LogP contribution in [0.2, 0.25) is 0 Å². The standard InChI is InChI=1S/C16H26N2O2S/c1-6-11(19)14-12(17)13(20-10(2)3)15(21-14)18-8-7-16(4,5)9-18/h10H,6-9,17H2,1-5H3. The molecule has 0 atom stereocenters. The quantitative estimate of drug-likeness (QED) is 0.837. The van der Waals surface area contributed by atoms with E-state index < -0.39 is 0 Å². The minimum Gasteiger partial charge on any atom is -0.486 e. The number of anilines is 2. The SMILES string of the molecule is CCC(=O)c1sc(N2CCC(C)(C)C2)c(OC(C)C)c1N. The molecule has 0 spiro atoms. The molecule has 1 aromatic heterocycles. The van der Waals surface area contributed by atoms with E-state index in [1.807, 2.05) is 20.8 Å². The molecule has 2 N–H and O–H groups in total. The van der Waals surface area contributed by atoms with Crippen LogP contribution < -0.4 is 15.4 Å². The van der Waals surface area contributed by atoms with Gasteiger partial charge in [0, 0.05) is 19.5 Å². The number of carbonyl (C=O) groups is 1. The van der Waals surface area contributed by atoms with Crippen LogP contribution in [-0.2, 0) is 0 Å². The number of hydrogen-bond donors (Lipinski definition) is 1. The fourth-order valence-corrected chi connectivity index (χ4v) is 3.82. The van der Waals surface area contributed by atoms with Gasteiger partial charge in [-0.3, -0.25) is 4.79 Å². The monoisotopic (exact) mass is 310 g/mol. The lowest BCUT2D eigenvalue weighted by Crippen LogP contribution is -2.22. The van der Waals surface area contributed by atoms with Crippen molar-refractivity contribution in [3.8, 4) is 5.75 Å². The summed E-state index contributed by atoms with van der Waals surface area (Å²) < 4.78 is 5.92. The Hall–Kier alpha value is -1.23. The van der Waals surface area contributed by atoms with Crippen molar-refractivity contribution < 1.29 is 9.53 Å². The van der Waals surface area contributed by atoms with Gasteiger partial charge in [0.25, 0.3) is 0 Å². The predicted molar refractivity (Wildman–Crippen MR) is 89.7 cm³/mol. The van der Waals surface area contributed by atoms with E-state index in [1.165, 1.54) is 11.3 Å². The molecule has 0 radical (unpaired) electrons. The maximum atomic E-state index is 12.1. The number of carbonyl (C=O) groups excluding carboxylic acids is 1. The molecular formula is C16H26N2O2S. The van der Waals surface area contributed by atoms with Crippen LogP contribution in [0.3, 0.4) is 0 Å². The lowest BCUT2D eigenvalue weighted by atomic mass is 9.93. The molecule has 1 saturated heterocycles. The lowest BCUT2D eigenvalue weighted by molar-refractivity contribution is 0.0992. The minimum atomic E-state index is 0.0424. The Labute approximate surface area is 131 Å². The van der Waals surface area contributed by atoms with E-state index in [0.29, 0.717) is 28.1 Å². The molecule has 118 valence electrons. The van der Waals surface area contributed by atoms with Gasteiger partial charge in [-0.15, -0.1) is 11.3 Å². The van der Waals surface area contributed by atoms with Crippen molar-refractivity contribution in [2.24, 2.45) is 5.41 Å². The molecule has 0 amide bonds. The zero-order valence-electron chi connectivity index (χ0n) is 13.7. The zero-order chi connectivity index (χ0) is 15.8. The highest BCUT2D eigenvalue weighted by atomic mass is 32.1. The average molecular weight is 310 g/mol. The predicted octanol–water partition coefficient (Wildman–Crippen LogP) is 3.95. The zero-order valence-corrected chi connectivity index (χ0v) is 14.5. The summed E-state index contributed by atoms with van der Waals surface area (Å²) in [4.78, 5) is 15.0. The first-order valence-electron chi connectivity index (χ1n) is 7.62. The van der Waals surface area contributed by atoms with Crippen molar-refractivity contribution in [3.05, 3.63) is 4.88 Å². The van der Waals surface area contributed by atoms with E-state index in [9.17, 15) is 4.79 Å². The van der Waals surface area contributed by atoms with Gasteiger partial charge in [0.1, 0.15) is 5.00 Å². The lowest BCUT2D eigenvalue weighted by Gasteiger charge is -2.22. The summed E-state index contributed by atoms with van der Waals surface area (Å²) >= 11 is 1.49. The fourth-order valence-electron chi connectivity index (χ4n) is 2.63. The number of rotatable bonds is 5. The van der Waals surface area contributed by atoms with Gasteiger partial charge in [-0.25, -0.2) is 0 Å². The Morgan fingerprint density at radius 1 is 1.48 bits per heavy atom. The van der Waals surface area contributed by atoms with E-state index in [-0.39, 0.29) is 11.9 Å². The van der Waals surface area contributed by atoms with Crippen molar-refractivity contribution in [2.75, 3.05) is 23.7 Å². The molecule has 1 aromatic rings. The number of nitrogen functional groups attached to an aromatic ring is 1. The van der Waals surface area contributed by atoms with Crippen molar-refractivity contribution >= 4 is 27.8 Å². The molecule has 1 fully saturated rings. The van der Waals surface area contributed by atoms with Crippen molar-refractivity contribution in [3.63, 3.8) is 0 Å². The number of ketones is 1. The number of ether oxygens (including phenoxy) is 1. The van der Waals surface area contributed by atoms with E-state index in [1.54, 1.807) is 0 Å². The molecule has 0 aromatic carbocycles. The molecule has 0 unspecified atom stereocenters. The Balaban J connectivity index is 2.41. The van der Waals surface area contributed by atoms with Gasteiger partial charge < -0.3 is 15.4 Å². The van der Waals surface area contributed by atoms with Gasteiger partial charge in [0.15, 0.2) is 11.5 Å². The van der Waals surface area contributed by atoms with E-state index in [2.05, 4.69) is 18.7 Å². The molecular weight excluding hydrogens is 284 g/mol. The summed E-state index contributed by atoms with van der Waals surface area (Å²) in [5.41, 5.74) is 7.01. The molecule has 2 rings (SSSR count). The normalized spacial score (nSPS) is 17.5. The van der Waals surface area contributed by atoms with Crippen LogP contribution in [0.25, 0.3) is 0 Å². The van der Waals surface area contributed by atoms with Gasteiger partial charge in [0.05, 0.1) is 16.7 Å². The summed E-state index contributed by atoms with van der Waals surface area (Å²) in [7, 11) is 0. The number of hydrogen-bond acceptors (Lipinski definition) is 5. The molecule has 5 heteroatoms. The summed E-state index contributed by atoms with van der Waals surface area (Å²) in [5.74, 6) is 0.792. The minimum absolute atomic E-state index is 0.0424. The third-order valence-corrected chi connectivity index (χ3v) is 5.06. The summed E-state index contributed by atoms with van der Waals surface area (Å²) in [6.45, 7) is 12.3. The number of thiophene rings is 1.